The Labute approximate surface area is 72.4 Å². The van der Waals surface area contributed by atoms with Crippen LogP contribution in [0.4, 0.5) is 0 Å². The van der Waals surface area contributed by atoms with E-state index in [1.54, 1.807) is 6.08 Å². The van der Waals surface area contributed by atoms with Crippen LogP contribution in [0.1, 0.15) is 25.7 Å². The van der Waals surface area contributed by atoms with E-state index >= 15 is 0 Å². The van der Waals surface area contributed by atoms with Gasteiger partial charge in [-0.3, -0.25) is 4.79 Å². The Morgan fingerprint density at radius 1 is 1.42 bits per heavy atom. The summed E-state index contributed by atoms with van der Waals surface area (Å²) < 4.78 is 4.46. The molecule has 0 aliphatic rings. The Kier molecular flexibility index (Phi) is 7.24. The fourth-order valence-corrected chi connectivity index (χ4v) is 0.736. The quantitative estimate of drug-likeness (QED) is 0.262. The summed E-state index contributed by atoms with van der Waals surface area (Å²) in [6.07, 6.45) is 7.05. The zero-order valence-corrected chi connectivity index (χ0v) is 7.29. The Bertz CT molecular complexity index is 161. The molecule has 0 unspecified atom stereocenters. The number of ether oxygens (including phenoxy) is 1. The van der Waals surface area contributed by atoms with Crippen molar-refractivity contribution in [3.05, 3.63) is 12.2 Å². The molecule has 0 atom stereocenters. The monoisotopic (exact) mass is 170 g/mol. The van der Waals surface area contributed by atoms with Crippen LogP contribution in [-0.4, -0.2) is 19.4 Å². The summed E-state index contributed by atoms with van der Waals surface area (Å²) in [5.74, 6) is -0.182. The van der Waals surface area contributed by atoms with E-state index in [-0.39, 0.29) is 5.97 Å². The summed E-state index contributed by atoms with van der Waals surface area (Å²) in [5.41, 5.74) is 0. The molecule has 0 radical (unpaired) electrons. The fraction of sp³-hybridized carbons (Fsp3) is 0.556. The van der Waals surface area contributed by atoms with Gasteiger partial charge in [0.1, 0.15) is 6.29 Å². The molecule has 0 rings (SSSR count). The number of hydrogen-bond donors (Lipinski definition) is 0. The van der Waals surface area contributed by atoms with Gasteiger partial charge in [-0.2, -0.15) is 0 Å². The highest BCUT2D eigenvalue weighted by Gasteiger charge is 1.96. The molecule has 0 amide bonds. The van der Waals surface area contributed by atoms with Crippen LogP contribution in [0.15, 0.2) is 12.2 Å². The maximum absolute atomic E-state index is 10.6. The summed E-state index contributed by atoms with van der Waals surface area (Å²) >= 11 is 0. The fourth-order valence-electron chi connectivity index (χ4n) is 0.736. The van der Waals surface area contributed by atoms with Crippen molar-refractivity contribution in [2.75, 3.05) is 7.11 Å². The van der Waals surface area contributed by atoms with Crippen molar-refractivity contribution in [1.82, 2.24) is 0 Å². The lowest BCUT2D eigenvalue weighted by Gasteiger charge is -1.94. The third-order valence-corrected chi connectivity index (χ3v) is 1.38. The van der Waals surface area contributed by atoms with Gasteiger partial charge in [-0.25, -0.2) is 0 Å². The smallest absolute Gasteiger partial charge is 0.305 e. The van der Waals surface area contributed by atoms with Crippen molar-refractivity contribution in [1.29, 1.82) is 0 Å². The molecule has 3 nitrogen and oxygen atoms in total. The molecule has 0 aromatic rings. The summed E-state index contributed by atoms with van der Waals surface area (Å²) in [4.78, 5) is 20.5. The van der Waals surface area contributed by atoms with Crippen LogP contribution in [0.25, 0.3) is 0 Å². The number of rotatable bonds is 6. The molecule has 0 aromatic carbocycles. The summed E-state index contributed by atoms with van der Waals surface area (Å²) in [7, 11) is 1.38. The SMILES string of the molecule is COC(=O)CCCC=CCC=O. The summed E-state index contributed by atoms with van der Waals surface area (Å²) in [5, 5.41) is 0. The van der Waals surface area contributed by atoms with Crippen molar-refractivity contribution < 1.29 is 14.3 Å². The third kappa shape index (κ3) is 6.99. The first-order valence-electron chi connectivity index (χ1n) is 3.96. The van der Waals surface area contributed by atoms with Gasteiger partial charge in [0.15, 0.2) is 0 Å². The number of carbonyl (C=O) groups excluding carboxylic acids is 2. The van der Waals surface area contributed by atoms with Gasteiger partial charge in [-0.15, -0.1) is 0 Å². The number of allylic oxidation sites excluding steroid dienone is 2. The highest BCUT2D eigenvalue weighted by Crippen LogP contribution is 1.98. The van der Waals surface area contributed by atoms with Gasteiger partial charge < -0.3 is 9.53 Å². The number of unbranched alkanes of at least 4 members (excludes halogenated alkanes) is 1. The average molecular weight is 170 g/mol. The normalized spacial score (nSPS) is 10.1. The van der Waals surface area contributed by atoms with Crippen molar-refractivity contribution in [3.8, 4) is 0 Å². The van der Waals surface area contributed by atoms with Crippen LogP contribution in [0, 0.1) is 0 Å². The second-order valence-electron chi connectivity index (χ2n) is 2.34. The standard InChI is InChI=1S/C9H14O3/c1-12-9(11)7-5-3-2-4-6-8-10/h2,4,8H,3,5-7H2,1H3. The molecule has 0 saturated heterocycles. The Balaban J connectivity index is 3.20. The van der Waals surface area contributed by atoms with Crippen LogP contribution in [0.3, 0.4) is 0 Å². The second kappa shape index (κ2) is 7.98. The molecule has 0 aliphatic carbocycles. The zero-order valence-electron chi connectivity index (χ0n) is 7.29. The van der Waals surface area contributed by atoms with E-state index in [0.717, 1.165) is 19.1 Å². The van der Waals surface area contributed by atoms with Gasteiger partial charge in [-0.1, -0.05) is 12.2 Å². The minimum absolute atomic E-state index is 0.182. The number of aldehydes is 1. The number of hydrogen-bond acceptors (Lipinski definition) is 3. The lowest BCUT2D eigenvalue weighted by molar-refractivity contribution is -0.140. The zero-order chi connectivity index (χ0) is 9.23. The lowest BCUT2D eigenvalue weighted by atomic mass is 10.2. The molecule has 0 fully saturated rings. The van der Waals surface area contributed by atoms with Gasteiger partial charge in [0.25, 0.3) is 0 Å². The molecule has 68 valence electrons. The Morgan fingerprint density at radius 2 is 2.17 bits per heavy atom. The van der Waals surface area contributed by atoms with Crippen LogP contribution >= 0.6 is 0 Å². The minimum Gasteiger partial charge on any atom is -0.469 e. The topological polar surface area (TPSA) is 43.4 Å². The summed E-state index contributed by atoms with van der Waals surface area (Å²) in [6.45, 7) is 0. The van der Waals surface area contributed by atoms with Gasteiger partial charge in [0, 0.05) is 12.8 Å². The van der Waals surface area contributed by atoms with Crippen molar-refractivity contribution in [2.24, 2.45) is 0 Å². The maximum atomic E-state index is 10.6. The lowest BCUT2D eigenvalue weighted by Crippen LogP contribution is -1.98. The molecule has 0 saturated carbocycles. The average Bonchev–Trinajstić information content (AvgIpc) is 2.10. The van der Waals surface area contributed by atoms with Gasteiger partial charge in [0.2, 0.25) is 0 Å². The van der Waals surface area contributed by atoms with Crippen molar-refractivity contribution in [3.63, 3.8) is 0 Å². The minimum atomic E-state index is -0.182. The third-order valence-electron chi connectivity index (χ3n) is 1.38. The number of methoxy groups -OCH3 is 1. The molecule has 0 spiro atoms. The number of esters is 1. The van der Waals surface area contributed by atoms with E-state index in [2.05, 4.69) is 4.74 Å². The molecule has 3 heteroatoms. The molecule has 12 heavy (non-hydrogen) atoms. The molecule has 0 N–H and O–H groups in total. The van der Waals surface area contributed by atoms with Gasteiger partial charge in [0.05, 0.1) is 7.11 Å². The van der Waals surface area contributed by atoms with Gasteiger partial charge >= 0.3 is 5.97 Å². The predicted molar refractivity (Wildman–Crippen MR) is 45.7 cm³/mol. The van der Waals surface area contributed by atoms with Crippen LogP contribution in [-0.2, 0) is 14.3 Å². The van der Waals surface area contributed by atoms with E-state index in [1.165, 1.54) is 7.11 Å². The van der Waals surface area contributed by atoms with E-state index < -0.39 is 0 Å². The first kappa shape index (κ1) is 10.9. The highest BCUT2D eigenvalue weighted by atomic mass is 16.5. The van der Waals surface area contributed by atoms with Crippen molar-refractivity contribution in [2.45, 2.75) is 25.7 Å². The summed E-state index contributed by atoms with van der Waals surface area (Å²) in [6, 6.07) is 0. The van der Waals surface area contributed by atoms with E-state index in [4.69, 9.17) is 0 Å². The first-order valence-corrected chi connectivity index (χ1v) is 3.96. The van der Waals surface area contributed by atoms with Crippen LogP contribution in [0.5, 0.6) is 0 Å². The maximum Gasteiger partial charge on any atom is 0.305 e. The molecular formula is C9H14O3. The van der Waals surface area contributed by atoms with Crippen LogP contribution in [0.2, 0.25) is 0 Å². The Morgan fingerprint density at radius 3 is 2.75 bits per heavy atom. The molecule has 0 aliphatic heterocycles. The van der Waals surface area contributed by atoms with E-state index in [0.29, 0.717) is 12.8 Å². The predicted octanol–water partition coefficient (Wildman–Crippen LogP) is 1.47. The molecule has 0 bridgehead atoms. The largest absolute Gasteiger partial charge is 0.469 e. The number of carbonyl (C=O) groups is 2. The molecule has 0 heterocycles. The van der Waals surface area contributed by atoms with Crippen LogP contribution < -0.4 is 0 Å². The second-order valence-corrected chi connectivity index (χ2v) is 2.34. The van der Waals surface area contributed by atoms with E-state index in [1.807, 2.05) is 6.08 Å². The molecule has 0 aromatic heterocycles. The first-order chi connectivity index (χ1) is 5.81. The molecular weight excluding hydrogens is 156 g/mol. The highest BCUT2D eigenvalue weighted by molar-refractivity contribution is 5.69. The van der Waals surface area contributed by atoms with Gasteiger partial charge in [-0.05, 0) is 12.8 Å². The Hall–Kier alpha value is -1.12. The van der Waals surface area contributed by atoms with E-state index in [9.17, 15) is 9.59 Å². The van der Waals surface area contributed by atoms with Crippen molar-refractivity contribution >= 4 is 12.3 Å².